The van der Waals surface area contributed by atoms with Gasteiger partial charge >= 0.3 is 0 Å². The molecule has 1 aliphatic rings. The number of ether oxygens (including phenoxy) is 1. The van der Waals surface area contributed by atoms with E-state index in [0.29, 0.717) is 43.4 Å². The molecule has 150 valence electrons. The van der Waals surface area contributed by atoms with Crippen LogP contribution in [0.5, 0.6) is 0 Å². The van der Waals surface area contributed by atoms with Crippen LogP contribution in [0.15, 0.2) is 53.6 Å². The number of likely N-dealkylation sites (tertiary alicyclic amines) is 1. The molecule has 0 bridgehead atoms. The molecule has 8 nitrogen and oxygen atoms in total. The molecule has 29 heavy (non-hydrogen) atoms. The summed E-state index contributed by atoms with van der Waals surface area (Å²) in [5.74, 6) is 1.04. The third kappa shape index (κ3) is 4.02. The molecule has 0 aliphatic carbocycles. The molecular weight excluding hydrogens is 370 g/mol. The smallest absolute Gasteiger partial charge is 0.258 e. The number of hydrogen-bond acceptors (Lipinski definition) is 7. The maximum Gasteiger partial charge on any atom is 0.258 e. The van der Waals surface area contributed by atoms with Crippen LogP contribution in [0.25, 0.3) is 11.5 Å². The van der Waals surface area contributed by atoms with Gasteiger partial charge in [-0.15, -0.1) is 0 Å². The summed E-state index contributed by atoms with van der Waals surface area (Å²) < 4.78 is 10.9. The van der Waals surface area contributed by atoms with Gasteiger partial charge in [-0.25, -0.2) is 0 Å². The van der Waals surface area contributed by atoms with Gasteiger partial charge in [0.15, 0.2) is 5.82 Å². The van der Waals surface area contributed by atoms with Crippen molar-refractivity contribution in [3.05, 3.63) is 60.4 Å². The molecule has 1 unspecified atom stereocenters. The van der Waals surface area contributed by atoms with E-state index < -0.39 is 5.41 Å². The van der Waals surface area contributed by atoms with Gasteiger partial charge in [0.05, 0.1) is 11.0 Å². The standard InChI is InChI=1S/C21H23N5O3/c1-28-13-8-21(20-24-18(29-25-20)16-5-10-22-11-6-16)7-3-12-26(15-21)19(27)17-4-2-9-23-14-17/h2,4-6,9-11,14H,3,7-8,12-13,15H2,1H3. The zero-order chi connectivity index (χ0) is 20.1. The summed E-state index contributed by atoms with van der Waals surface area (Å²) in [4.78, 5) is 27.6. The molecule has 3 aromatic rings. The lowest BCUT2D eigenvalue weighted by atomic mass is 9.76. The van der Waals surface area contributed by atoms with Crippen LogP contribution >= 0.6 is 0 Å². The molecule has 1 saturated heterocycles. The molecule has 1 amide bonds. The van der Waals surface area contributed by atoms with E-state index in [1.165, 1.54) is 0 Å². The zero-order valence-corrected chi connectivity index (χ0v) is 16.3. The van der Waals surface area contributed by atoms with Gasteiger partial charge in [-0.1, -0.05) is 5.16 Å². The second kappa shape index (κ2) is 8.48. The maximum absolute atomic E-state index is 13.0. The highest BCUT2D eigenvalue weighted by Gasteiger charge is 2.42. The lowest BCUT2D eigenvalue weighted by molar-refractivity contribution is 0.0566. The molecular formula is C21H23N5O3. The highest BCUT2D eigenvalue weighted by Crippen LogP contribution is 2.37. The number of carbonyl (C=O) groups excluding carboxylic acids is 1. The van der Waals surface area contributed by atoms with E-state index in [9.17, 15) is 4.79 Å². The van der Waals surface area contributed by atoms with Crippen molar-refractivity contribution in [1.29, 1.82) is 0 Å². The minimum Gasteiger partial charge on any atom is -0.385 e. The number of aromatic nitrogens is 4. The van der Waals surface area contributed by atoms with Crippen molar-refractivity contribution in [2.75, 3.05) is 26.8 Å². The third-order valence-corrected chi connectivity index (χ3v) is 5.38. The summed E-state index contributed by atoms with van der Waals surface area (Å²) in [7, 11) is 1.67. The fourth-order valence-corrected chi connectivity index (χ4v) is 3.82. The van der Waals surface area contributed by atoms with E-state index in [2.05, 4.69) is 20.1 Å². The van der Waals surface area contributed by atoms with Gasteiger partial charge in [-0.05, 0) is 43.5 Å². The summed E-state index contributed by atoms with van der Waals surface area (Å²) in [6.45, 7) is 1.75. The molecule has 1 aliphatic heterocycles. The largest absolute Gasteiger partial charge is 0.385 e. The number of rotatable bonds is 6. The Morgan fingerprint density at radius 3 is 2.86 bits per heavy atom. The van der Waals surface area contributed by atoms with Gasteiger partial charge in [0.2, 0.25) is 0 Å². The number of pyridine rings is 2. The van der Waals surface area contributed by atoms with E-state index in [4.69, 9.17) is 9.26 Å². The number of nitrogens with zero attached hydrogens (tertiary/aromatic N) is 5. The van der Waals surface area contributed by atoms with E-state index in [0.717, 1.165) is 18.4 Å². The topological polar surface area (TPSA) is 94.2 Å². The molecule has 3 aromatic heterocycles. The van der Waals surface area contributed by atoms with Gasteiger partial charge in [0.25, 0.3) is 11.8 Å². The molecule has 0 N–H and O–H groups in total. The van der Waals surface area contributed by atoms with Gasteiger partial charge in [-0.2, -0.15) is 4.98 Å². The summed E-state index contributed by atoms with van der Waals surface area (Å²) >= 11 is 0. The van der Waals surface area contributed by atoms with Crippen LogP contribution in [0.4, 0.5) is 0 Å². The summed E-state index contributed by atoms with van der Waals surface area (Å²) in [6, 6.07) is 7.22. The number of carbonyl (C=O) groups is 1. The Balaban J connectivity index is 1.63. The predicted molar refractivity (Wildman–Crippen MR) is 105 cm³/mol. The molecule has 0 aromatic carbocycles. The number of piperidine rings is 1. The number of hydrogen-bond donors (Lipinski definition) is 0. The Labute approximate surface area is 168 Å². The van der Waals surface area contributed by atoms with E-state index in [-0.39, 0.29) is 5.91 Å². The monoisotopic (exact) mass is 393 g/mol. The Morgan fingerprint density at radius 1 is 1.24 bits per heavy atom. The highest BCUT2D eigenvalue weighted by molar-refractivity contribution is 5.94. The molecule has 0 spiro atoms. The quantitative estimate of drug-likeness (QED) is 0.635. The third-order valence-electron chi connectivity index (χ3n) is 5.38. The average Bonchev–Trinajstić information content (AvgIpc) is 3.30. The van der Waals surface area contributed by atoms with Crippen LogP contribution in [0.2, 0.25) is 0 Å². The Morgan fingerprint density at radius 2 is 2.10 bits per heavy atom. The Bertz CT molecular complexity index is 947. The minimum absolute atomic E-state index is 0.0301. The first kappa shape index (κ1) is 19.2. The predicted octanol–water partition coefficient (Wildman–Crippen LogP) is 2.74. The number of methoxy groups -OCH3 is 1. The fraction of sp³-hybridized carbons (Fsp3) is 0.381. The van der Waals surface area contributed by atoms with E-state index in [1.807, 2.05) is 17.0 Å². The normalized spacial score (nSPS) is 19.3. The van der Waals surface area contributed by atoms with Gasteiger partial charge in [0, 0.05) is 57.2 Å². The first-order valence-electron chi connectivity index (χ1n) is 9.65. The first-order valence-corrected chi connectivity index (χ1v) is 9.65. The molecule has 4 rings (SSSR count). The van der Waals surface area contributed by atoms with Crippen molar-refractivity contribution in [2.24, 2.45) is 0 Å². The average molecular weight is 393 g/mol. The van der Waals surface area contributed by atoms with E-state index >= 15 is 0 Å². The lowest BCUT2D eigenvalue weighted by Gasteiger charge is -2.40. The summed E-state index contributed by atoms with van der Waals surface area (Å²) in [5, 5.41) is 4.30. The molecule has 8 heteroatoms. The Kier molecular flexibility index (Phi) is 5.62. The van der Waals surface area contributed by atoms with Crippen molar-refractivity contribution in [1.82, 2.24) is 25.0 Å². The number of amides is 1. The second-order valence-electron chi connectivity index (χ2n) is 7.25. The summed E-state index contributed by atoms with van der Waals surface area (Å²) in [5.41, 5.74) is 0.987. The zero-order valence-electron chi connectivity index (χ0n) is 16.3. The lowest BCUT2D eigenvalue weighted by Crippen LogP contribution is -2.49. The molecule has 1 atom stereocenters. The van der Waals surface area contributed by atoms with Crippen LogP contribution < -0.4 is 0 Å². The van der Waals surface area contributed by atoms with Crippen molar-refractivity contribution in [3.8, 4) is 11.5 Å². The first-order chi connectivity index (χ1) is 14.2. The van der Waals surface area contributed by atoms with Crippen molar-refractivity contribution >= 4 is 5.91 Å². The Hall–Kier alpha value is -3.13. The second-order valence-corrected chi connectivity index (χ2v) is 7.25. The SMILES string of the molecule is COCCC1(c2noc(-c3ccncc3)n2)CCCN(C(=O)c2cccnc2)C1. The molecule has 0 radical (unpaired) electrons. The van der Waals surface area contributed by atoms with Gasteiger partial charge in [0.1, 0.15) is 0 Å². The summed E-state index contributed by atoms with van der Waals surface area (Å²) in [6.07, 6.45) is 9.07. The maximum atomic E-state index is 13.0. The van der Waals surface area contributed by atoms with Crippen LogP contribution in [0, 0.1) is 0 Å². The van der Waals surface area contributed by atoms with Crippen LogP contribution in [-0.2, 0) is 10.2 Å². The van der Waals surface area contributed by atoms with Crippen LogP contribution in [0.3, 0.4) is 0 Å². The van der Waals surface area contributed by atoms with Crippen molar-refractivity contribution < 1.29 is 14.1 Å². The highest BCUT2D eigenvalue weighted by atomic mass is 16.5. The molecule has 0 saturated carbocycles. The van der Waals surface area contributed by atoms with Crippen LogP contribution in [0.1, 0.15) is 35.4 Å². The minimum atomic E-state index is -0.416. The van der Waals surface area contributed by atoms with E-state index in [1.54, 1.807) is 44.0 Å². The molecule has 4 heterocycles. The fourth-order valence-electron chi connectivity index (χ4n) is 3.82. The van der Waals surface area contributed by atoms with Gasteiger partial charge in [-0.3, -0.25) is 14.8 Å². The molecule has 1 fully saturated rings. The van der Waals surface area contributed by atoms with Crippen molar-refractivity contribution in [2.45, 2.75) is 24.7 Å². The van der Waals surface area contributed by atoms with Crippen molar-refractivity contribution in [3.63, 3.8) is 0 Å². The van der Waals surface area contributed by atoms with Crippen LogP contribution in [-0.4, -0.2) is 57.7 Å². The van der Waals surface area contributed by atoms with Gasteiger partial charge < -0.3 is 14.2 Å².